The molecule has 8 nitrogen and oxygen atoms in total. The third-order valence-corrected chi connectivity index (χ3v) is 5.13. The minimum absolute atomic E-state index is 0.251. The Hall–Kier alpha value is -3.85. The number of hydrazone groups is 1. The lowest BCUT2D eigenvalue weighted by atomic mass is 10.2. The van der Waals surface area contributed by atoms with Crippen molar-refractivity contribution in [1.82, 2.24) is 5.43 Å². The average Bonchev–Trinajstić information content (AvgIpc) is 2.86. The van der Waals surface area contributed by atoms with Crippen molar-refractivity contribution < 1.29 is 28.5 Å². The van der Waals surface area contributed by atoms with Crippen LogP contribution in [-0.4, -0.2) is 38.4 Å². The molecule has 0 aliphatic heterocycles. The average molecular weight is 527 g/mol. The summed E-state index contributed by atoms with van der Waals surface area (Å²) in [6.07, 6.45) is 0.703. The molecular weight excluding hydrogens is 504 g/mol. The summed E-state index contributed by atoms with van der Waals surface area (Å²) in [4.78, 5) is 24.6. The Kier molecular flexibility index (Phi) is 8.64. The van der Waals surface area contributed by atoms with Crippen molar-refractivity contribution in [2.24, 2.45) is 5.10 Å². The number of nitrogens with zero attached hydrogens (tertiary/aromatic N) is 1. The minimum atomic E-state index is -0.743. The van der Waals surface area contributed by atoms with Gasteiger partial charge in [0.05, 0.1) is 26.0 Å². The highest BCUT2D eigenvalue weighted by molar-refractivity contribution is 9.10. The van der Waals surface area contributed by atoms with Crippen LogP contribution in [0.1, 0.15) is 22.8 Å². The minimum Gasteiger partial charge on any atom is -0.497 e. The highest BCUT2D eigenvalue weighted by atomic mass is 79.9. The Morgan fingerprint density at radius 3 is 2.24 bits per heavy atom. The maximum atomic E-state index is 12.4. The van der Waals surface area contributed by atoms with Gasteiger partial charge in [-0.05, 0) is 79.2 Å². The van der Waals surface area contributed by atoms with Crippen molar-refractivity contribution >= 4 is 34.0 Å². The van der Waals surface area contributed by atoms with Crippen molar-refractivity contribution in [2.45, 2.75) is 13.0 Å². The molecule has 1 atom stereocenters. The number of nitrogens with one attached hydrogen (secondary N) is 1. The third-order valence-electron chi connectivity index (χ3n) is 4.60. The lowest BCUT2D eigenvalue weighted by Crippen LogP contribution is -2.33. The van der Waals surface area contributed by atoms with Crippen LogP contribution in [-0.2, 0) is 4.79 Å². The molecule has 0 aromatic heterocycles. The SMILES string of the molecule is COc1ccc(C(=O)Oc2ccc(/C=N/NC(=O)C(C)Oc3ccc(Br)cc3)cc2OC)cc1. The van der Waals surface area contributed by atoms with Crippen LogP contribution in [0, 0.1) is 0 Å². The van der Waals surface area contributed by atoms with Crippen molar-refractivity contribution in [3.8, 4) is 23.0 Å². The van der Waals surface area contributed by atoms with Crippen LogP contribution in [0.15, 0.2) is 76.3 Å². The molecule has 3 aromatic rings. The number of carbonyl (C=O) groups is 2. The molecule has 0 spiro atoms. The number of esters is 1. The standard InChI is InChI=1S/C25H23BrN2O6/c1-16(33-21-11-7-19(26)8-12-21)24(29)28-27-15-17-4-13-22(23(14-17)32-3)34-25(30)18-5-9-20(31-2)10-6-18/h4-16H,1-3H3,(H,28,29)/b27-15+. The maximum absolute atomic E-state index is 12.4. The summed E-state index contributed by atoms with van der Waals surface area (Å²) in [6, 6.07) is 18.6. The smallest absolute Gasteiger partial charge is 0.343 e. The second-order valence-corrected chi connectivity index (χ2v) is 7.89. The Morgan fingerprint density at radius 1 is 0.912 bits per heavy atom. The summed E-state index contributed by atoms with van der Waals surface area (Å²) in [5.74, 6) is 0.856. The van der Waals surface area contributed by atoms with Gasteiger partial charge in [-0.1, -0.05) is 15.9 Å². The fraction of sp³-hybridized carbons (Fsp3) is 0.160. The number of hydrogen-bond acceptors (Lipinski definition) is 7. The van der Waals surface area contributed by atoms with Gasteiger partial charge in [0.2, 0.25) is 0 Å². The van der Waals surface area contributed by atoms with E-state index in [2.05, 4.69) is 26.5 Å². The Morgan fingerprint density at radius 2 is 1.59 bits per heavy atom. The second kappa shape index (κ2) is 11.9. The number of benzene rings is 3. The van der Waals surface area contributed by atoms with Gasteiger partial charge in [-0.2, -0.15) is 5.10 Å². The molecule has 9 heteroatoms. The fourth-order valence-electron chi connectivity index (χ4n) is 2.77. The van der Waals surface area contributed by atoms with Crippen LogP contribution < -0.4 is 24.4 Å². The number of carbonyl (C=O) groups excluding carboxylic acids is 2. The van der Waals surface area contributed by atoms with E-state index in [1.165, 1.54) is 13.3 Å². The normalized spacial score (nSPS) is 11.5. The maximum Gasteiger partial charge on any atom is 0.343 e. The second-order valence-electron chi connectivity index (χ2n) is 6.98. The monoisotopic (exact) mass is 526 g/mol. The van der Waals surface area contributed by atoms with Gasteiger partial charge in [0, 0.05) is 4.47 Å². The molecule has 0 aliphatic carbocycles. The summed E-state index contributed by atoms with van der Waals surface area (Å²) in [5.41, 5.74) is 3.44. The third kappa shape index (κ3) is 6.82. The number of ether oxygens (including phenoxy) is 4. The first-order valence-electron chi connectivity index (χ1n) is 10.2. The number of halogens is 1. The molecule has 0 fully saturated rings. The zero-order chi connectivity index (χ0) is 24.5. The van der Waals surface area contributed by atoms with E-state index in [4.69, 9.17) is 18.9 Å². The first-order chi connectivity index (χ1) is 16.4. The summed E-state index contributed by atoms with van der Waals surface area (Å²) < 4.78 is 22.4. The predicted molar refractivity (Wildman–Crippen MR) is 131 cm³/mol. The quantitative estimate of drug-likeness (QED) is 0.189. The molecular formula is C25H23BrN2O6. The van der Waals surface area contributed by atoms with E-state index in [0.29, 0.717) is 28.4 Å². The van der Waals surface area contributed by atoms with E-state index >= 15 is 0 Å². The molecule has 0 radical (unpaired) electrons. The summed E-state index contributed by atoms with van der Waals surface area (Å²) in [5, 5.41) is 3.96. The van der Waals surface area contributed by atoms with Gasteiger partial charge in [-0.15, -0.1) is 0 Å². The van der Waals surface area contributed by atoms with Crippen molar-refractivity contribution in [3.63, 3.8) is 0 Å². The topological polar surface area (TPSA) is 95.5 Å². The van der Waals surface area contributed by atoms with Crippen LogP contribution in [0.25, 0.3) is 0 Å². The van der Waals surface area contributed by atoms with Crippen molar-refractivity contribution in [1.29, 1.82) is 0 Å². The van der Waals surface area contributed by atoms with Gasteiger partial charge < -0.3 is 18.9 Å². The molecule has 1 N–H and O–H groups in total. The van der Waals surface area contributed by atoms with Gasteiger partial charge >= 0.3 is 5.97 Å². The van der Waals surface area contributed by atoms with E-state index in [-0.39, 0.29) is 5.75 Å². The Bertz CT molecular complexity index is 1160. The van der Waals surface area contributed by atoms with Gasteiger partial charge in [-0.25, -0.2) is 10.2 Å². The largest absolute Gasteiger partial charge is 0.497 e. The predicted octanol–water partition coefficient (Wildman–Crippen LogP) is 4.60. The molecule has 3 aromatic carbocycles. The fourth-order valence-corrected chi connectivity index (χ4v) is 3.03. The highest BCUT2D eigenvalue weighted by Crippen LogP contribution is 2.28. The van der Waals surface area contributed by atoms with Gasteiger partial charge in [0.1, 0.15) is 11.5 Å². The Labute approximate surface area is 205 Å². The zero-order valence-electron chi connectivity index (χ0n) is 18.8. The molecule has 3 rings (SSSR count). The lowest BCUT2D eigenvalue weighted by molar-refractivity contribution is -0.127. The van der Waals surface area contributed by atoms with Gasteiger partial charge in [0.15, 0.2) is 17.6 Å². The van der Waals surface area contributed by atoms with Crippen molar-refractivity contribution in [3.05, 3.63) is 82.3 Å². The first-order valence-corrected chi connectivity index (χ1v) is 11.0. The van der Waals surface area contributed by atoms with Gasteiger partial charge in [0.25, 0.3) is 5.91 Å². The number of amides is 1. The van der Waals surface area contributed by atoms with Gasteiger partial charge in [-0.3, -0.25) is 4.79 Å². The van der Waals surface area contributed by atoms with Crippen molar-refractivity contribution in [2.75, 3.05) is 14.2 Å². The van der Waals surface area contributed by atoms with Crippen LogP contribution in [0.5, 0.6) is 23.0 Å². The molecule has 0 saturated carbocycles. The van der Waals surface area contributed by atoms with E-state index in [0.717, 1.165) is 4.47 Å². The summed E-state index contributed by atoms with van der Waals surface area (Å²) in [6.45, 7) is 1.63. The van der Waals surface area contributed by atoms with Crippen LogP contribution in [0.2, 0.25) is 0 Å². The number of hydrogen-bond donors (Lipinski definition) is 1. The van der Waals surface area contributed by atoms with Crippen LogP contribution in [0.4, 0.5) is 0 Å². The highest BCUT2D eigenvalue weighted by Gasteiger charge is 2.15. The number of rotatable bonds is 9. The molecule has 1 amide bonds. The molecule has 34 heavy (non-hydrogen) atoms. The molecule has 0 bridgehead atoms. The summed E-state index contributed by atoms with van der Waals surface area (Å²) in [7, 11) is 3.01. The van der Waals surface area contributed by atoms with Crippen LogP contribution >= 0.6 is 15.9 Å². The lowest BCUT2D eigenvalue weighted by Gasteiger charge is -2.13. The molecule has 1 unspecified atom stereocenters. The summed E-state index contributed by atoms with van der Waals surface area (Å²) >= 11 is 3.35. The molecule has 0 aliphatic rings. The zero-order valence-corrected chi connectivity index (χ0v) is 20.4. The van der Waals surface area contributed by atoms with Crippen LogP contribution in [0.3, 0.4) is 0 Å². The van der Waals surface area contributed by atoms with E-state index < -0.39 is 18.0 Å². The van der Waals surface area contributed by atoms with E-state index in [1.54, 1.807) is 68.6 Å². The molecule has 176 valence electrons. The first kappa shape index (κ1) is 24.8. The Balaban J connectivity index is 1.59. The molecule has 0 heterocycles. The van der Waals surface area contributed by atoms with E-state index in [1.807, 2.05) is 12.1 Å². The van der Waals surface area contributed by atoms with E-state index in [9.17, 15) is 9.59 Å². The number of methoxy groups -OCH3 is 2. The molecule has 0 saturated heterocycles.